The predicted octanol–water partition coefficient (Wildman–Crippen LogP) is 22.9. The van der Waals surface area contributed by atoms with Gasteiger partial charge in [0.05, 0.1) is 50.3 Å². The van der Waals surface area contributed by atoms with Crippen molar-refractivity contribution in [1.29, 1.82) is 0 Å². The van der Waals surface area contributed by atoms with Gasteiger partial charge in [-0.3, -0.25) is 0 Å². The molecule has 0 aromatic carbocycles. The van der Waals surface area contributed by atoms with Crippen LogP contribution in [0.3, 0.4) is 0 Å². The van der Waals surface area contributed by atoms with Crippen LogP contribution in [0.2, 0.25) is 0 Å². The lowest BCUT2D eigenvalue weighted by Gasteiger charge is -2.59. The lowest BCUT2D eigenvalue weighted by Crippen LogP contribution is -2.69. The van der Waals surface area contributed by atoms with Crippen molar-refractivity contribution in [3.8, 4) is 0 Å². The minimum absolute atomic E-state index is 0.00680. The molecule has 17 aliphatic rings. The Morgan fingerprint density at radius 1 is 0.530 bits per heavy atom. The summed E-state index contributed by atoms with van der Waals surface area (Å²) >= 11 is 0. The Balaban J connectivity index is 0.000000114. The minimum atomic E-state index is -0.810. The lowest BCUT2D eigenvalue weighted by atomic mass is 9.49. The molecule has 38 unspecified atom stereocenters. The molecule has 2 aliphatic heterocycles. The van der Waals surface area contributed by atoms with E-state index >= 15 is 0 Å². The monoisotopic (exact) mass is 1720 g/mol. The molecular formula is C71H130O11P18. The van der Waals surface area contributed by atoms with Gasteiger partial charge in [0.25, 0.3) is 0 Å². The van der Waals surface area contributed by atoms with Gasteiger partial charge in [0.15, 0.2) is 0 Å². The van der Waals surface area contributed by atoms with Gasteiger partial charge in [-0.15, -0.1) is 44.6 Å². The Bertz CT molecular complexity index is 3220. The highest BCUT2D eigenvalue weighted by atomic mass is 33.1. The fourth-order valence-corrected chi connectivity index (χ4v) is 97.7. The zero-order chi connectivity index (χ0) is 73.0. The zero-order valence-corrected chi connectivity index (χ0v) is 81.7. The fraction of sp³-hybridized carbons (Fsp3) is 0.915. The van der Waals surface area contributed by atoms with Crippen LogP contribution >= 0.6 is 151 Å². The number of hydrogen-bond acceptors (Lipinski definition) is 11. The number of epoxide rings is 2. The predicted molar refractivity (Wildman–Crippen MR) is 468 cm³/mol. The summed E-state index contributed by atoms with van der Waals surface area (Å²) in [5.41, 5.74) is 5.16. The van der Waals surface area contributed by atoms with Crippen LogP contribution in [0.1, 0.15) is 245 Å². The zero-order valence-electron chi connectivity index (χ0n) is 62.8. The van der Waals surface area contributed by atoms with Gasteiger partial charge in [-0.2, -0.15) is 0 Å². The SMILES string of the molecule is CC1(C)C2CCC1(C)C13CCCC1(O3)C2OPP.CC1(C)C2CCC1(C)C13OC1CCC3(O)C2OPP.CC12CCC(C(OPP)C3(O)CCC=C31)C2(C)C.CC12CCC([C@@H](O)C3=C1CCC3)C2(C)C.CC1=CCC2C(OPP)C3(O)CCC(OP(P(P)P)P(PP)P(P)P)C3(C1)C2(C)C. The van der Waals surface area contributed by atoms with Gasteiger partial charge in [-0.05, 0) is 241 Å². The van der Waals surface area contributed by atoms with Gasteiger partial charge in [-0.1, -0.05) is 164 Å². The molecule has 15 aliphatic carbocycles. The first-order chi connectivity index (χ1) is 46.6. The molecule has 10 bridgehead atoms. The molecule has 2 saturated heterocycles. The fourth-order valence-electron chi connectivity index (χ4n) is 27.7. The third kappa shape index (κ3) is 11.5. The molecular weight excluding hydrogens is 1590 g/mol. The highest BCUT2D eigenvalue weighted by molar-refractivity contribution is 9.10. The summed E-state index contributed by atoms with van der Waals surface area (Å²) in [4.78, 5) is 0. The second-order valence-corrected chi connectivity index (χ2v) is 76.7. The van der Waals surface area contributed by atoms with Crippen LogP contribution in [0, 0.1) is 83.7 Å². The maximum atomic E-state index is 12.4. The van der Waals surface area contributed by atoms with Crippen molar-refractivity contribution in [2.45, 2.75) is 321 Å². The topological polar surface area (TPSA) is 152 Å². The Labute approximate surface area is 638 Å². The van der Waals surface area contributed by atoms with Gasteiger partial charge < -0.3 is 52.5 Å². The first kappa shape index (κ1) is 84.4. The van der Waals surface area contributed by atoms with Crippen molar-refractivity contribution < 1.29 is 52.5 Å². The van der Waals surface area contributed by atoms with Crippen LogP contribution < -0.4 is 0 Å². The molecule has 2 spiro atoms. The number of fused-ring (bicyclic) bond motifs is 12. The number of allylic oxidation sites excluding steroid dienone is 4. The van der Waals surface area contributed by atoms with E-state index in [9.17, 15) is 20.4 Å². The maximum absolute atomic E-state index is 12.4. The van der Waals surface area contributed by atoms with Crippen molar-refractivity contribution in [2.75, 3.05) is 0 Å². The third-order valence-electron chi connectivity index (χ3n) is 34.3. The average molecular weight is 1720 g/mol. The van der Waals surface area contributed by atoms with Crippen LogP contribution in [0.4, 0.5) is 0 Å². The first-order valence-electron chi connectivity index (χ1n) is 37.7. The summed E-state index contributed by atoms with van der Waals surface area (Å²) in [5.74, 6) is 2.45. The summed E-state index contributed by atoms with van der Waals surface area (Å²) in [6, 6.07) is 0. The van der Waals surface area contributed by atoms with Crippen LogP contribution in [0.5, 0.6) is 0 Å². The van der Waals surface area contributed by atoms with E-state index < -0.39 is 24.3 Å². The number of rotatable bonds is 14. The van der Waals surface area contributed by atoms with E-state index in [-0.39, 0.29) is 107 Å². The molecule has 29 heteroatoms. The van der Waals surface area contributed by atoms with E-state index in [1.54, 1.807) is 5.57 Å². The second kappa shape index (κ2) is 29.2. The van der Waals surface area contributed by atoms with Crippen LogP contribution in [-0.4, -0.2) is 96.8 Å². The lowest BCUT2D eigenvalue weighted by molar-refractivity contribution is -0.222. The standard InChI is InChI=1S/C15H36O3P12.C14H24O3P2.2C14H24O2P2.C14H22O/c1-9-4-5-10-12(17-25-19)15(16)7-6-11(14(15,8-9)13(10,2)3)18-27(28(21)22)30(26-20)29(23)24;1-11(2)8-4-6-12(11,3)14-9(16-14)5-7-13(14,15)10(8)17-19-18;1-11(2)9-5-8-12(11,3)14-7-4-6-13(14,16-14)10(9)15-18-17;1-12(2)9-6-8-13(12,3)10-5-4-7-14(10,15)11(9)16-18-17;1-13(2)11-7-8-14(13,3)10-6-4-5-9(10)12(11)15/h4,10-12,16,25-26H,5-8,19-24H2,1-3H3;8-10,15,19H,4-7,18H2,1-3H3;9-10,18H,4-8,17H2,1-3H3;5,9,11,15,18H,4,6-8,17H2,1-3H3;11-12,15H,4-8H2,1-3H3/t;;;;11?,12-,14?/m....0/s1. The molecule has 17 rings (SSSR count). The minimum Gasteiger partial charge on any atom is -0.388 e. The van der Waals surface area contributed by atoms with E-state index in [1.165, 1.54) is 93.8 Å². The van der Waals surface area contributed by atoms with E-state index in [0.717, 1.165) is 72.2 Å². The molecule has 13 fully saturated rings. The van der Waals surface area contributed by atoms with Gasteiger partial charge in [0.1, 0.15) is 33.6 Å². The number of aliphatic hydroxyl groups excluding tert-OH is 1. The molecule has 0 aromatic heterocycles. The summed E-state index contributed by atoms with van der Waals surface area (Å²) in [7, 11) is 27.9. The Morgan fingerprint density at radius 2 is 1.08 bits per heavy atom. The highest BCUT2D eigenvalue weighted by Gasteiger charge is 2.91. The van der Waals surface area contributed by atoms with Crippen molar-refractivity contribution >= 4 is 151 Å². The Kier molecular flexibility index (Phi) is 24.7. The van der Waals surface area contributed by atoms with Gasteiger partial charge in [-0.25, -0.2) is 0 Å². The highest BCUT2D eigenvalue weighted by Crippen LogP contribution is 3.10. The molecule has 0 radical (unpaired) electrons. The number of aliphatic hydroxyl groups is 4. The molecule has 0 amide bonds. The molecule has 100 heavy (non-hydrogen) atoms. The molecule has 11 nitrogen and oxygen atoms in total. The Morgan fingerprint density at radius 3 is 1.70 bits per heavy atom. The van der Waals surface area contributed by atoms with Crippen molar-refractivity contribution in [3.05, 3.63) is 34.4 Å². The average Bonchev–Trinajstić information content (AvgIpc) is 1.45. The molecule has 0 aromatic rings. The largest absolute Gasteiger partial charge is 0.388 e. The Hall–Kier alpha value is 6.52. The van der Waals surface area contributed by atoms with Crippen LogP contribution in [-0.2, 0) is 32.1 Å². The normalized spacial score (nSPS) is 50.7. The van der Waals surface area contributed by atoms with E-state index in [2.05, 4.69) is 196 Å². The van der Waals surface area contributed by atoms with E-state index in [1.807, 2.05) is 0 Å². The maximum Gasteiger partial charge on any atom is 0.132 e. The third-order valence-corrected chi connectivity index (χ3v) is 84.7. The number of hydrogen-bond donors (Lipinski definition) is 4. The van der Waals surface area contributed by atoms with Gasteiger partial charge >= 0.3 is 0 Å². The van der Waals surface area contributed by atoms with E-state index in [4.69, 9.17) is 32.1 Å². The smallest absolute Gasteiger partial charge is 0.132 e. The summed E-state index contributed by atoms with van der Waals surface area (Å²) in [5, 5.41) is 45.4. The summed E-state index contributed by atoms with van der Waals surface area (Å²) in [6.07, 6.45) is 29.8. The summed E-state index contributed by atoms with van der Waals surface area (Å²) in [6.45, 7) is 35.1. The van der Waals surface area contributed by atoms with Gasteiger partial charge in [0, 0.05) is 57.2 Å². The molecule has 2 heterocycles. The van der Waals surface area contributed by atoms with Gasteiger partial charge in [0.2, 0.25) is 0 Å². The van der Waals surface area contributed by atoms with Crippen molar-refractivity contribution in [2.24, 2.45) is 83.7 Å². The second-order valence-electron chi connectivity index (χ2n) is 37.5. The molecule has 11 saturated carbocycles. The van der Waals surface area contributed by atoms with E-state index in [0.29, 0.717) is 91.3 Å². The first-order valence-corrected chi connectivity index (χ1v) is 66.1. The molecule has 570 valence electrons. The number of ether oxygens (including phenoxy) is 2. The van der Waals surface area contributed by atoms with Crippen LogP contribution in [0.25, 0.3) is 0 Å². The molecule has 4 N–H and O–H groups in total. The van der Waals surface area contributed by atoms with Crippen molar-refractivity contribution in [1.82, 2.24) is 0 Å². The summed E-state index contributed by atoms with van der Waals surface area (Å²) < 4.78 is 44.5. The molecule has 39 atom stereocenters. The van der Waals surface area contributed by atoms with Crippen LogP contribution in [0.15, 0.2) is 34.4 Å². The van der Waals surface area contributed by atoms with Crippen molar-refractivity contribution in [3.63, 3.8) is 0 Å². The quantitative estimate of drug-likeness (QED) is 0.0747.